The van der Waals surface area contributed by atoms with Crippen LogP contribution in [0.2, 0.25) is 0 Å². The fourth-order valence-corrected chi connectivity index (χ4v) is 2.38. The van der Waals surface area contributed by atoms with Crippen molar-refractivity contribution in [3.8, 4) is 0 Å². The maximum absolute atomic E-state index is 11.6. The van der Waals surface area contributed by atoms with Crippen LogP contribution in [-0.2, 0) is 19.1 Å². The predicted octanol–water partition coefficient (Wildman–Crippen LogP) is 5.40. The van der Waals surface area contributed by atoms with Gasteiger partial charge in [0.15, 0.2) is 0 Å². The van der Waals surface area contributed by atoms with E-state index in [1.165, 1.54) is 38.5 Å². The molecular formula is C19H35ClO4. The van der Waals surface area contributed by atoms with E-state index in [1.54, 1.807) is 6.92 Å². The molecule has 0 aliphatic rings. The summed E-state index contributed by atoms with van der Waals surface area (Å²) in [6.45, 7) is 4.75. The average molecular weight is 363 g/mol. The molecule has 0 rings (SSSR count). The number of halogens is 1. The van der Waals surface area contributed by atoms with Crippen molar-refractivity contribution in [3.05, 3.63) is 0 Å². The Kier molecular flexibility index (Phi) is 16.5. The normalized spacial score (nSPS) is 12.0. The second kappa shape index (κ2) is 17.1. The van der Waals surface area contributed by atoms with Gasteiger partial charge in [-0.25, -0.2) is 0 Å². The molecule has 1 atom stereocenters. The molecule has 1 unspecified atom stereocenters. The Balaban J connectivity index is 3.31. The van der Waals surface area contributed by atoms with E-state index in [-0.39, 0.29) is 23.9 Å². The van der Waals surface area contributed by atoms with E-state index >= 15 is 0 Å². The summed E-state index contributed by atoms with van der Waals surface area (Å²) in [6.07, 6.45) is 11.9. The van der Waals surface area contributed by atoms with Gasteiger partial charge in [0, 0.05) is 12.8 Å². The van der Waals surface area contributed by atoms with Crippen molar-refractivity contribution >= 4 is 23.5 Å². The Bertz CT molecular complexity index is 318. The van der Waals surface area contributed by atoms with E-state index in [0.717, 1.165) is 12.8 Å². The van der Waals surface area contributed by atoms with E-state index in [9.17, 15) is 9.59 Å². The molecule has 0 saturated heterocycles. The number of carbonyl (C=O) groups is 2. The van der Waals surface area contributed by atoms with Crippen molar-refractivity contribution in [3.63, 3.8) is 0 Å². The highest BCUT2D eigenvalue weighted by Gasteiger charge is 2.07. The summed E-state index contributed by atoms with van der Waals surface area (Å²) in [4.78, 5) is 22.9. The maximum atomic E-state index is 11.6. The first kappa shape index (κ1) is 23.2. The van der Waals surface area contributed by atoms with Gasteiger partial charge in [0.05, 0.1) is 12.0 Å². The van der Waals surface area contributed by atoms with Crippen molar-refractivity contribution in [2.45, 2.75) is 96.3 Å². The van der Waals surface area contributed by atoms with E-state index in [1.807, 2.05) is 0 Å². The Labute approximate surface area is 152 Å². The lowest BCUT2D eigenvalue weighted by atomic mass is 10.1. The summed E-state index contributed by atoms with van der Waals surface area (Å²) in [6, 6.07) is 0. The van der Waals surface area contributed by atoms with Crippen LogP contribution in [0.5, 0.6) is 0 Å². The third-order valence-electron chi connectivity index (χ3n) is 3.75. The number of rotatable bonds is 16. The Morgan fingerprint density at radius 1 is 0.792 bits per heavy atom. The number of hydrogen-bond donors (Lipinski definition) is 0. The fourth-order valence-electron chi connectivity index (χ4n) is 2.31. The van der Waals surface area contributed by atoms with E-state index < -0.39 is 0 Å². The lowest BCUT2D eigenvalue weighted by molar-refractivity contribution is -0.146. The number of alkyl halides is 1. The standard InChI is InChI=1S/C19H35ClO4/c1-3-4-5-6-7-8-9-12-15-23-18(21)13-10-11-14-19(22)24-16-17(2)20/h17H,3-16H2,1-2H3. The number of ether oxygens (including phenoxy) is 2. The van der Waals surface area contributed by atoms with Crippen molar-refractivity contribution in [1.29, 1.82) is 0 Å². The molecule has 0 amide bonds. The number of unbranched alkanes of at least 4 members (excludes halogenated alkanes) is 8. The van der Waals surface area contributed by atoms with Gasteiger partial charge in [-0.1, -0.05) is 51.9 Å². The minimum atomic E-state index is -0.255. The Morgan fingerprint density at radius 3 is 1.83 bits per heavy atom. The molecule has 0 bridgehead atoms. The summed E-state index contributed by atoms with van der Waals surface area (Å²) < 4.78 is 10.2. The molecule has 0 heterocycles. The second-order valence-electron chi connectivity index (χ2n) is 6.37. The maximum Gasteiger partial charge on any atom is 0.305 e. The summed E-state index contributed by atoms with van der Waals surface area (Å²) in [7, 11) is 0. The molecule has 0 radical (unpaired) electrons. The zero-order valence-corrected chi connectivity index (χ0v) is 16.2. The molecule has 0 aromatic heterocycles. The van der Waals surface area contributed by atoms with Crippen LogP contribution in [0.15, 0.2) is 0 Å². The Morgan fingerprint density at radius 2 is 1.29 bits per heavy atom. The monoisotopic (exact) mass is 362 g/mol. The van der Waals surface area contributed by atoms with Gasteiger partial charge in [0.25, 0.3) is 0 Å². The number of esters is 2. The van der Waals surface area contributed by atoms with Crippen molar-refractivity contribution in [2.24, 2.45) is 0 Å². The highest BCUT2D eigenvalue weighted by Crippen LogP contribution is 2.09. The van der Waals surface area contributed by atoms with Crippen LogP contribution in [0.1, 0.15) is 90.9 Å². The molecule has 0 saturated carbocycles. The third kappa shape index (κ3) is 17.6. The van der Waals surface area contributed by atoms with E-state index in [0.29, 0.717) is 32.3 Å². The SMILES string of the molecule is CCCCCCCCCCOC(=O)CCCCC(=O)OCC(C)Cl. The van der Waals surface area contributed by atoms with Crippen LogP contribution in [-0.4, -0.2) is 30.5 Å². The molecular weight excluding hydrogens is 328 g/mol. The molecule has 0 N–H and O–H groups in total. The van der Waals surface area contributed by atoms with Gasteiger partial charge in [0.1, 0.15) is 6.61 Å². The predicted molar refractivity (Wildman–Crippen MR) is 98.3 cm³/mol. The lowest BCUT2D eigenvalue weighted by Crippen LogP contribution is -2.11. The molecule has 0 aliphatic carbocycles. The molecule has 142 valence electrons. The molecule has 4 nitrogen and oxygen atoms in total. The summed E-state index contributed by atoms with van der Waals surface area (Å²) in [5.74, 6) is -0.421. The molecule has 0 fully saturated rings. The van der Waals surface area contributed by atoms with Crippen molar-refractivity contribution in [1.82, 2.24) is 0 Å². The van der Waals surface area contributed by atoms with Crippen LogP contribution < -0.4 is 0 Å². The molecule has 5 heteroatoms. The van der Waals surface area contributed by atoms with Gasteiger partial charge < -0.3 is 9.47 Å². The van der Waals surface area contributed by atoms with Crippen LogP contribution in [0.4, 0.5) is 0 Å². The molecule has 0 aromatic rings. The van der Waals surface area contributed by atoms with Crippen LogP contribution in [0, 0.1) is 0 Å². The summed E-state index contributed by atoms with van der Waals surface area (Å²) in [5.41, 5.74) is 0. The zero-order valence-electron chi connectivity index (χ0n) is 15.5. The molecule has 0 spiro atoms. The number of hydrogen-bond acceptors (Lipinski definition) is 4. The lowest BCUT2D eigenvalue weighted by Gasteiger charge is -2.06. The minimum absolute atomic E-state index is 0.166. The first-order valence-corrected chi connectivity index (χ1v) is 9.95. The van der Waals surface area contributed by atoms with Gasteiger partial charge in [-0.15, -0.1) is 11.6 Å². The highest BCUT2D eigenvalue weighted by atomic mass is 35.5. The minimum Gasteiger partial charge on any atom is -0.466 e. The molecule has 24 heavy (non-hydrogen) atoms. The van der Waals surface area contributed by atoms with Crippen LogP contribution in [0.3, 0.4) is 0 Å². The third-order valence-corrected chi connectivity index (χ3v) is 3.87. The quantitative estimate of drug-likeness (QED) is 0.209. The topological polar surface area (TPSA) is 52.6 Å². The Hall–Kier alpha value is -0.770. The second-order valence-corrected chi connectivity index (χ2v) is 7.11. The van der Waals surface area contributed by atoms with E-state index in [2.05, 4.69) is 6.92 Å². The van der Waals surface area contributed by atoms with Gasteiger partial charge >= 0.3 is 11.9 Å². The van der Waals surface area contributed by atoms with Gasteiger partial charge in [-0.3, -0.25) is 9.59 Å². The smallest absolute Gasteiger partial charge is 0.305 e. The van der Waals surface area contributed by atoms with Gasteiger partial charge in [0.2, 0.25) is 0 Å². The zero-order chi connectivity index (χ0) is 18.0. The highest BCUT2D eigenvalue weighted by molar-refractivity contribution is 6.20. The van der Waals surface area contributed by atoms with Crippen LogP contribution >= 0.6 is 11.6 Å². The van der Waals surface area contributed by atoms with Gasteiger partial charge in [-0.2, -0.15) is 0 Å². The molecule has 0 aromatic carbocycles. The summed E-state index contributed by atoms with van der Waals surface area (Å²) >= 11 is 5.69. The largest absolute Gasteiger partial charge is 0.466 e. The van der Waals surface area contributed by atoms with Crippen molar-refractivity contribution in [2.75, 3.05) is 13.2 Å². The van der Waals surface area contributed by atoms with E-state index in [4.69, 9.17) is 21.1 Å². The molecule has 0 aliphatic heterocycles. The first-order chi connectivity index (χ1) is 11.6. The van der Waals surface area contributed by atoms with Crippen molar-refractivity contribution < 1.29 is 19.1 Å². The first-order valence-electron chi connectivity index (χ1n) is 9.51. The average Bonchev–Trinajstić information content (AvgIpc) is 2.55. The van der Waals surface area contributed by atoms with Gasteiger partial charge in [-0.05, 0) is 26.2 Å². The number of carbonyl (C=O) groups excluding carboxylic acids is 2. The summed E-state index contributed by atoms with van der Waals surface area (Å²) in [5, 5.41) is -0.166. The van der Waals surface area contributed by atoms with Crippen LogP contribution in [0.25, 0.3) is 0 Å². The fraction of sp³-hybridized carbons (Fsp3) is 0.895.